The maximum atomic E-state index is 12.0. The molecular weight excluding hydrogens is 364 g/mol. The predicted molar refractivity (Wildman–Crippen MR) is 111 cm³/mol. The predicted octanol–water partition coefficient (Wildman–Crippen LogP) is 4.29. The number of rotatable bonds is 2. The number of hydrogen-bond acceptors (Lipinski definition) is 4. The standard InChI is InChI=1S/C25H36O4/c1-4-22(27)29-15-5-11-25(28)14-10-21-19-7-6-17-16-18(26)8-12-23(17,2)20(19)9-13-24(21,25)3/h17,19-21,28H,4,6-10,12-16H2,1-3H3/t17-,19+,20-,21-,23-,24-,25-/m0/s1. The molecule has 0 unspecified atom stereocenters. The van der Waals surface area contributed by atoms with Gasteiger partial charge in [-0.1, -0.05) is 32.6 Å². The molecule has 4 saturated carbocycles. The van der Waals surface area contributed by atoms with E-state index >= 15 is 0 Å². The van der Waals surface area contributed by atoms with Gasteiger partial charge in [-0.25, -0.2) is 0 Å². The third-order valence-corrected chi connectivity index (χ3v) is 9.52. The van der Waals surface area contributed by atoms with Crippen LogP contribution in [0, 0.1) is 46.3 Å². The van der Waals surface area contributed by atoms with Gasteiger partial charge in [-0.3, -0.25) is 9.59 Å². The third-order valence-electron chi connectivity index (χ3n) is 9.52. The molecule has 29 heavy (non-hydrogen) atoms. The molecule has 4 heteroatoms. The van der Waals surface area contributed by atoms with Crippen LogP contribution in [0.1, 0.15) is 85.0 Å². The summed E-state index contributed by atoms with van der Waals surface area (Å²) in [7, 11) is 0. The molecule has 4 aliphatic carbocycles. The highest BCUT2D eigenvalue weighted by atomic mass is 16.5. The average Bonchev–Trinajstić information content (AvgIpc) is 2.97. The molecule has 7 atom stereocenters. The van der Waals surface area contributed by atoms with Crippen molar-refractivity contribution in [1.82, 2.24) is 0 Å². The fourth-order valence-corrected chi connectivity index (χ4v) is 7.67. The van der Waals surface area contributed by atoms with Crippen molar-refractivity contribution in [3.8, 4) is 11.8 Å². The van der Waals surface area contributed by atoms with Gasteiger partial charge >= 0.3 is 5.97 Å². The van der Waals surface area contributed by atoms with Gasteiger partial charge in [0, 0.05) is 24.7 Å². The zero-order valence-electron chi connectivity index (χ0n) is 18.3. The Morgan fingerprint density at radius 1 is 1.14 bits per heavy atom. The molecule has 4 aliphatic rings. The fraction of sp³-hybridized carbons (Fsp3) is 0.840. The van der Waals surface area contributed by atoms with Crippen molar-refractivity contribution in [3.63, 3.8) is 0 Å². The summed E-state index contributed by atoms with van der Waals surface area (Å²) in [5, 5.41) is 11.5. The van der Waals surface area contributed by atoms with E-state index in [2.05, 4.69) is 25.7 Å². The van der Waals surface area contributed by atoms with Gasteiger partial charge in [-0.15, -0.1) is 0 Å². The first kappa shape index (κ1) is 20.9. The minimum Gasteiger partial charge on any atom is -0.452 e. The van der Waals surface area contributed by atoms with E-state index in [1.165, 1.54) is 6.42 Å². The van der Waals surface area contributed by atoms with Crippen LogP contribution in [0.4, 0.5) is 0 Å². The van der Waals surface area contributed by atoms with E-state index in [0.29, 0.717) is 47.7 Å². The first-order valence-electron chi connectivity index (χ1n) is 11.6. The van der Waals surface area contributed by atoms with Crippen molar-refractivity contribution in [3.05, 3.63) is 0 Å². The Balaban J connectivity index is 1.52. The lowest BCUT2D eigenvalue weighted by Crippen LogP contribution is -2.56. The normalized spacial score (nSPS) is 46.0. The molecule has 0 heterocycles. The third kappa shape index (κ3) is 3.25. The molecule has 0 radical (unpaired) electrons. The van der Waals surface area contributed by atoms with Gasteiger partial charge in [-0.2, -0.15) is 0 Å². The molecule has 0 amide bonds. The summed E-state index contributed by atoms with van der Waals surface area (Å²) in [6, 6.07) is 0. The zero-order chi connectivity index (χ0) is 20.9. The molecule has 0 bridgehead atoms. The van der Waals surface area contributed by atoms with Gasteiger partial charge in [0.15, 0.2) is 6.61 Å². The topological polar surface area (TPSA) is 63.6 Å². The Bertz CT molecular complexity index is 748. The highest BCUT2D eigenvalue weighted by molar-refractivity contribution is 5.79. The maximum Gasteiger partial charge on any atom is 0.306 e. The highest BCUT2D eigenvalue weighted by Gasteiger charge is 2.64. The number of carbonyl (C=O) groups is 2. The lowest BCUT2D eigenvalue weighted by atomic mass is 9.44. The number of ketones is 1. The van der Waals surface area contributed by atoms with Gasteiger partial charge < -0.3 is 9.84 Å². The van der Waals surface area contributed by atoms with E-state index in [1.807, 2.05) is 0 Å². The van der Waals surface area contributed by atoms with Gasteiger partial charge in [-0.05, 0) is 74.0 Å². The summed E-state index contributed by atoms with van der Waals surface area (Å²) in [5.74, 6) is 8.64. The van der Waals surface area contributed by atoms with E-state index in [0.717, 1.165) is 44.9 Å². The SMILES string of the molecule is CCC(=O)OCC#C[C@]1(O)CC[C@H]2[C@@H]3CC[C@H]4CC(=O)CC[C@]4(C)[C@H]3CC[C@@]21C. The van der Waals surface area contributed by atoms with Gasteiger partial charge in [0.1, 0.15) is 11.4 Å². The molecular formula is C25H36O4. The molecule has 0 aromatic rings. The summed E-state index contributed by atoms with van der Waals surface area (Å²) in [6.07, 6.45) is 9.15. The van der Waals surface area contributed by atoms with E-state index in [-0.39, 0.29) is 18.0 Å². The Kier molecular flexibility index (Phi) is 5.35. The van der Waals surface area contributed by atoms with Crippen molar-refractivity contribution in [2.75, 3.05) is 6.61 Å². The number of esters is 1. The molecule has 0 aliphatic heterocycles. The van der Waals surface area contributed by atoms with Crippen LogP contribution >= 0.6 is 0 Å². The van der Waals surface area contributed by atoms with Crippen LogP contribution in [0.3, 0.4) is 0 Å². The monoisotopic (exact) mass is 400 g/mol. The van der Waals surface area contributed by atoms with Gasteiger partial charge in [0.25, 0.3) is 0 Å². The second kappa shape index (κ2) is 7.41. The van der Waals surface area contributed by atoms with E-state index in [9.17, 15) is 14.7 Å². The van der Waals surface area contributed by atoms with Crippen molar-refractivity contribution >= 4 is 11.8 Å². The molecule has 0 spiro atoms. The number of fused-ring (bicyclic) bond motifs is 5. The molecule has 0 aromatic carbocycles. The average molecular weight is 401 g/mol. The molecule has 0 aromatic heterocycles. The molecule has 160 valence electrons. The van der Waals surface area contributed by atoms with E-state index in [4.69, 9.17) is 4.74 Å². The van der Waals surface area contributed by atoms with Crippen LogP contribution in [-0.4, -0.2) is 29.1 Å². The lowest BCUT2D eigenvalue weighted by molar-refractivity contribution is -0.147. The second-order valence-electron chi connectivity index (χ2n) is 10.6. The molecule has 1 N–H and O–H groups in total. The Morgan fingerprint density at radius 3 is 2.66 bits per heavy atom. The van der Waals surface area contributed by atoms with Crippen LogP contribution in [0.5, 0.6) is 0 Å². The van der Waals surface area contributed by atoms with Crippen LogP contribution in [0.25, 0.3) is 0 Å². The Morgan fingerprint density at radius 2 is 1.90 bits per heavy atom. The van der Waals surface area contributed by atoms with Crippen molar-refractivity contribution < 1.29 is 19.4 Å². The smallest absolute Gasteiger partial charge is 0.306 e. The molecule has 0 saturated heterocycles. The van der Waals surface area contributed by atoms with Crippen LogP contribution in [0.15, 0.2) is 0 Å². The molecule has 4 rings (SSSR count). The Labute approximate surface area is 175 Å². The summed E-state index contributed by atoms with van der Waals surface area (Å²) in [6.45, 7) is 6.52. The van der Waals surface area contributed by atoms with Crippen LogP contribution in [-0.2, 0) is 14.3 Å². The molecule has 4 fully saturated rings. The first-order valence-corrected chi connectivity index (χ1v) is 11.6. The van der Waals surface area contributed by atoms with E-state index < -0.39 is 5.60 Å². The largest absolute Gasteiger partial charge is 0.452 e. The summed E-state index contributed by atoms with van der Waals surface area (Å²) in [4.78, 5) is 23.4. The highest BCUT2D eigenvalue weighted by Crippen LogP contribution is 2.67. The van der Waals surface area contributed by atoms with Gasteiger partial charge in [0.2, 0.25) is 0 Å². The number of aliphatic hydroxyl groups is 1. The minimum absolute atomic E-state index is 0.0650. The lowest BCUT2D eigenvalue weighted by Gasteiger charge is -2.60. The van der Waals surface area contributed by atoms with E-state index in [1.54, 1.807) is 6.92 Å². The maximum absolute atomic E-state index is 12.0. The van der Waals surface area contributed by atoms with Gasteiger partial charge in [0.05, 0.1) is 0 Å². The number of ether oxygens (including phenoxy) is 1. The fourth-order valence-electron chi connectivity index (χ4n) is 7.67. The van der Waals surface area contributed by atoms with Crippen LogP contribution < -0.4 is 0 Å². The second-order valence-corrected chi connectivity index (χ2v) is 10.6. The zero-order valence-corrected chi connectivity index (χ0v) is 18.3. The van der Waals surface area contributed by atoms with Crippen molar-refractivity contribution in [2.24, 2.45) is 34.5 Å². The first-order chi connectivity index (χ1) is 13.7. The summed E-state index contributed by atoms with van der Waals surface area (Å²) < 4.78 is 5.08. The molecule has 4 nitrogen and oxygen atoms in total. The Hall–Kier alpha value is -1.34. The number of Topliss-reactive ketones (excluding diaryl/α,β-unsaturated/α-hetero) is 1. The quantitative estimate of drug-likeness (QED) is 0.555. The summed E-state index contributed by atoms with van der Waals surface area (Å²) in [5.41, 5.74) is -0.885. The van der Waals surface area contributed by atoms with Crippen molar-refractivity contribution in [2.45, 2.75) is 90.6 Å². The number of hydrogen-bond donors (Lipinski definition) is 1. The number of carbonyl (C=O) groups excluding carboxylic acids is 2. The summed E-state index contributed by atoms with van der Waals surface area (Å²) >= 11 is 0. The van der Waals surface area contributed by atoms with Crippen LogP contribution in [0.2, 0.25) is 0 Å². The minimum atomic E-state index is -0.985. The van der Waals surface area contributed by atoms with Crippen molar-refractivity contribution in [1.29, 1.82) is 0 Å².